The third-order valence-electron chi connectivity index (χ3n) is 3.92. The number of hydrogen-bond donors (Lipinski definition) is 2. The summed E-state index contributed by atoms with van der Waals surface area (Å²) in [6.07, 6.45) is 0. The molecule has 5 nitrogen and oxygen atoms in total. The number of amides is 1. The molecule has 3 rings (SSSR count). The van der Waals surface area contributed by atoms with Crippen molar-refractivity contribution < 1.29 is 17.6 Å². The van der Waals surface area contributed by atoms with E-state index in [-0.39, 0.29) is 16.1 Å². The Balaban J connectivity index is 1.85. The van der Waals surface area contributed by atoms with Gasteiger partial charge in [0, 0.05) is 11.3 Å². The molecule has 0 saturated heterocycles. The first kappa shape index (κ1) is 18.6. The number of hydrogen-bond acceptors (Lipinski definition) is 3. The second kappa shape index (κ2) is 7.59. The number of aryl methyl sites for hydroxylation is 1. The van der Waals surface area contributed by atoms with Crippen LogP contribution in [0.4, 0.5) is 15.8 Å². The molecule has 3 aromatic carbocycles. The third kappa shape index (κ3) is 4.32. The minimum atomic E-state index is -4.04. The van der Waals surface area contributed by atoms with E-state index < -0.39 is 21.7 Å². The van der Waals surface area contributed by atoms with Gasteiger partial charge in [0.05, 0.1) is 10.6 Å². The molecule has 0 aliphatic rings. The molecular weight excluding hydrogens is 367 g/mol. The smallest absolute Gasteiger partial charge is 0.262 e. The summed E-state index contributed by atoms with van der Waals surface area (Å²) in [6, 6.07) is 18.3. The molecule has 0 atom stereocenters. The van der Waals surface area contributed by atoms with E-state index in [1.165, 1.54) is 42.5 Å². The van der Waals surface area contributed by atoms with Crippen molar-refractivity contribution in [1.82, 2.24) is 0 Å². The van der Waals surface area contributed by atoms with Gasteiger partial charge in [0.2, 0.25) is 0 Å². The Morgan fingerprint density at radius 1 is 0.889 bits per heavy atom. The van der Waals surface area contributed by atoms with Gasteiger partial charge in [0.15, 0.2) is 0 Å². The third-order valence-corrected chi connectivity index (χ3v) is 5.28. The topological polar surface area (TPSA) is 75.3 Å². The summed E-state index contributed by atoms with van der Waals surface area (Å²) in [5, 5.41) is 2.75. The van der Waals surface area contributed by atoms with E-state index in [1.54, 1.807) is 12.1 Å². The Bertz CT molecular complexity index is 1100. The van der Waals surface area contributed by atoms with E-state index in [0.717, 1.165) is 11.6 Å². The highest BCUT2D eigenvalue weighted by atomic mass is 32.2. The van der Waals surface area contributed by atoms with Crippen LogP contribution in [0.15, 0.2) is 77.7 Å². The van der Waals surface area contributed by atoms with Crippen molar-refractivity contribution in [3.8, 4) is 0 Å². The van der Waals surface area contributed by atoms with Gasteiger partial charge in [-0.15, -0.1) is 0 Å². The van der Waals surface area contributed by atoms with Crippen LogP contribution in [-0.2, 0) is 10.0 Å². The van der Waals surface area contributed by atoms with Crippen molar-refractivity contribution in [1.29, 1.82) is 0 Å². The summed E-state index contributed by atoms with van der Waals surface area (Å²) in [7, 11) is -4.04. The van der Waals surface area contributed by atoms with Crippen molar-refractivity contribution >= 4 is 27.3 Å². The van der Waals surface area contributed by atoms with Gasteiger partial charge in [-0.1, -0.05) is 36.4 Å². The second-order valence-electron chi connectivity index (χ2n) is 5.88. The van der Waals surface area contributed by atoms with E-state index in [4.69, 9.17) is 0 Å². The van der Waals surface area contributed by atoms with Gasteiger partial charge >= 0.3 is 0 Å². The van der Waals surface area contributed by atoms with Crippen LogP contribution in [0, 0.1) is 12.7 Å². The SMILES string of the molecule is Cc1ccccc1NC(=O)c1cccc(S(=O)(=O)Nc2ccccc2F)c1. The number of carbonyl (C=O) groups is 1. The lowest BCUT2D eigenvalue weighted by atomic mass is 10.1. The van der Waals surface area contributed by atoms with Gasteiger partial charge < -0.3 is 5.32 Å². The number of anilines is 2. The Labute approximate surface area is 156 Å². The molecule has 2 N–H and O–H groups in total. The van der Waals surface area contributed by atoms with Crippen LogP contribution in [0.5, 0.6) is 0 Å². The van der Waals surface area contributed by atoms with Gasteiger partial charge in [-0.05, 0) is 48.9 Å². The van der Waals surface area contributed by atoms with Crippen LogP contribution >= 0.6 is 0 Å². The van der Waals surface area contributed by atoms with Crippen molar-refractivity contribution in [2.45, 2.75) is 11.8 Å². The average Bonchev–Trinajstić information content (AvgIpc) is 2.65. The molecule has 3 aromatic rings. The van der Waals surface area contributed by atoms with E-state index in [1.807, 2.05) is 19.1 Å². The van der Waals surface area contributed by atoms with Crippen molar-refractivity contribution in [2.24, 2.45) is 0 Å². The molecule has 0 spiro atoms. The number of nitrogens with one attached hydrogen (secondary N) is 2. The van der Waals surface area contributed by atoms with E-state index >= 15 is 0 Å². The first-order valence-corrected chi connectivity index (χ1v) is 9.59. The molecule has 0 heterocycles. The first-order valence-electron chi connectivity index (χ1n) is 8.11. The van der Waals surface area contributed by atoms with Gasteiger partial charge in [-0.25, -0.2) is 12.8 Å². The number of para-hydroxylation sites is 2. The summed E-state index contributed by atoms with van der Waals surface area (Å²) in [6.45, 7) is 1.86. The Hall–Kier alpha value is -3.19. The standard InChI is InChI=1S/C20H17FN2O3S/c1-14-7-2-4-11-18(14)22-20(24)15-8-6-9-16(13-15)27(25,26)23-19-12-5-3-10-17(19)21/h2-13,23H,1H3,(H,22,24). The zero-order valence-electron chi connectivity index (χ0n) is 14.4. The number of carbonyl (C=O) groups excluding carboxylic acids is 1. The van der Waals surface area contributed by atoms with Crippen LogP contribution in [0.3, 0.4) is 0 Å². The van der Waals surface area contributed by atoms with Gasteiger partial charge in [-0.2, -0.15) is 0 Å². The minimum Gasteiger partial charge on any atom is -0.322 e. The normalized spacial score (nSPS) is 11.0. The zero-order valence-corrected chi connectivity index (χ0v) is 15.3. The van der Waals surface area contributed by atoms with Crippen LogP contribution in [0.25, 0.3) is 0 Å². The predicted octanol–water partition coefficient (Wildman–Crippen LogP) is 4.19. The van der Waals surface area contributed by atoms with Crippen LogP contribution in [0.1, 0.15) is 15.9 Å². The Morgan fingerprint density at radius 3 is 2.26 bits per heavy atom. The highest BCUT2D eigenvalue weighted by molar-refractivity contribution is 7.92. The fourth-order valence-corrected chi connectivity index (χ4v) is 3.57. The summed E-state index contributed by atoms with van der Waals surface area (Å²) in [4.78, 5) is 12.3. The van der Waals surface area contributed by atoms with Gasteiger partial charge in [0.1, 0.15) is 5.82 Å². The molecule has 1 amide bonds. The fourth-order valence-electron chi connectivity index (χ4n) is 2.46. The minimum absolute atomic E-state index is 0.136. The van der Waals surface area contributed by atoms with Crippen LogP contribution in [0.2, 0.25) is 0 Å². The fraction of sp³-hybridized carbons (Fsp3) is 0.0500. The number of benzene rings is 3. The molecule has 0 aliphatic carbocycles. The lowest BCUT2D eigenvalue weighted by Gasteiger charge is -2.11. The van der Waals surface area contributed by atoms with Crippen molar-refractivity contribution in [3.63, 3.8) is 0 Å². The summed E-state index contributed by atoms with van der Waals surface area (Å²) < 4.78 is 41.0. The number of rotatable bonds is 5. The largest absolute Gasteiger partial charge is 0.322 e. The van der Waals surface area contributed by atoms with Crippen molar-refractivity contribution in [2.75, 3.05) is 10.0 Å². The molecule has 0 aliphatic heterocycles. The summed E-state index contributed by atoms with van der Waals surface area (Å²) in [5.41, 5.74) is 1.54. The maximum Gasteiger partial charge on any atom is 0.262 e. The van der Waals surface area contributed by atoms with E-state index in [2.05, 4.69) is 10.0 Å². The first-order chi connectivity index (χ1) is 12.9. The Morgan fingerprint density at radius 2 is 1.56 bits per heavy atom. The predicted molar refractivity (Wildman–Crippen MR) is 103 cm³/mol. The zero-order chi connectivity index (χ0) is 19.4. The molecule has 0 saturated carbocycles. The van der Waals surface area contributed by atoms with Gasteiger partial charge in [0.25, 0.3) is 15.9 Å². The Kier molecular flexibility index (Phi) is 5.23. The second-order valence-corrected chi connectivity index (χ2v) is 7.56. The molecule has 0 radical (unpaired) electrons. The number of sulfonamides is 1. The lowest BCUT2D eigenvalue weighted by Crippen LogP contribution is -2.16. The average molecular weight is 384 g/mol. The monoisotopic (exact) mass is 384 g/mol. The van der Waals surface area contributed by atoms with E-state index in [0.29, 0.717) is 5.69 Å². The number of halogens is 1. The van der Waals surface area contributed by atoms with E-state index in [9.17, 15) is 17.6 Å². The molecule has 0 aromatic heterocycles. The summed E-state index contributed by atoms with van der Waals surface area (Å²) in [5.74, 6) is -1.12. The highest BCUT2D eigenvalue weighted by Crippen LogP contribution is 2.20. The summed E-state index contributed by atoms with van der Waals surface area (Å²) >= 11 is 0. The highest BCUT2D eigenvalue weighted by Gasteiger charge is 2.18. The molecule has 0 bridgehead atoms. The van der Waals surface area contributed by atoms with Gasteiger partial charge in [-0.3, -0.25) is 9.52 Å². The molecule has 7 heteroatoms. The quantitative estimate of drug-likeness (QED) is 0.693. The molecule has 27 heavy (non-hydrogen) atoms. The molecule has 0 unspecified atom stereocenters. The van der Waals surface area contributed by atoms with Crippen LogP contribution in [-0.4, -0.2) is 14.3 Å². The lowest BCUT2D eigenvalue weighted by molar-refractivity contribution is 0.102. The molecule has 0 fully saturated rings. The maximum absolute atomic E-state index is 13.7. The van der Waals surface area contributed by atoms with Crippen LogP contribution < -0.4 is 10.0 Å². The maximum atomic E-state index is 13.7. The molecular formula is C20H17FN2O3S. The molecule has 138 valence electrons. The van der Waals surface area contributed by atoms with Crippen molar-refractivity contribution in [3.05, 3.63) is 89.7 Å².